The number of nitrogens with one attached hydrogen (secondary N) is 2. The van der Waals surface area contributed by atoms with Crippen molar-refractivity contribution in [3.63, 3.8) is 0 Å². The van der Waals surface area contributed by atoms with Crippen LogP contribution in [0.3, 0.4) is 0 Å². The van der Waals surface area contributed by atoms with E-state index >= 15 is 0 Å². The van der Waals surface area contributed by atoms with Crippen molar-refractivity contribution in [1.82, 2.24) is 10.6 Å². The van der Waals surface area contributed by atoms with Crippen molar-refractivity contribution in [3.8, 4) is 0 Å². The van der Waals surface area contributed by atoms with Crippen molar-refractivity contribution in [3.05, 3.63) is 22.4 Å². The lowest BCUT2D eigenvalue weighted by Gasteiger charge is -2.18. The molecule has 8 heteroatoms. The average Bonchev–Trinajstić information content (AvgIpc) is 2.96. The number of nitrogens with zero attached hydrogens (tertiary/aromatic N) is 1. The Bertz CT molecular complexity index is 559. The summed E-state index contributed by atoms with van der Waals surface area (Å²) in [5.41, 5.74) is 0. The molecular formula is C15H28IN3O2S2. The quantitative estimate of drug-likeness (QED) is 0.346. The van der Waals surface area contributed by atoms with Crippen LogP contribution in [0.4, 0.5) is 0 Å². The van der Waals surface area contributed by atoms with Crippen molar-refractivity contribution in [2.75, 3.05) is 25.1 Å². The van der Waals surface area contributed by atoms with E-state index in [1.54, 1.807) is 11.3 Å². The molecule has 0 aromatic carbocycles. The molecule has 0 fully saturated rings. The number of halogens is 1. The van der Waals surface area contributed by atoms with Gasteiger partial charge < -0.3 is 10.6 Å². The largest absolute Gasteiger partial charge is 0.357 e. The fourth-order valence-corrected chi connectivity index (χ4v) is 3.47. The van der Waals surface area contributed by atoms with Gasteiger partial charge in [-0.1, -0.05) is 13.0 Å². The Morgan fingerprint density at radius 2 is 2.09 bits per heavy atom. The summed E-state index contributed by atoms with van der Waals surface area (Å²) in [5.74, 6) is 1.31. The molecule has 0 saturated heterocycles. The Hall–Kier alpha value is -0.350. The van der Waals surface area contributed by atoms with Crippen molar-refractivity contribution in [1.29, 1.82) is 0 Å². The molecule has 2 N–H and O–H groups in total. The summed E-state index contributed by atoms with van der Waals surface area (Å²) < 4.78 is 22.4. The molecule has 0 bridgehead atoms. The van der Waals surface area contributed by atoms with Gasteiger partial charge in [-0.25, -0.2) is 8.42 Å². The molecule has 1 aromatic rings. The minimum Gasteiger partial charge on any atom is -0.357 e. The second kappa shape index (κ2) is 11.2. The molecule has 2 atom stereocenters. The zero-order valence-electron chi connectivity index (χ0n) is 14.2. The van der Waals surface area contributed by atoms with Gasteiger partial charge in [0.25, 0.3) is 0 Å². The molecule has 134 valence electrons. The zero-order chi connectivity index (χ0) is 16.6. The first-order valence-electron chi connectivity index (χ1n) is 7.57. The van der Waals surface area contributed by atoms with E-state index in [0.29, 0.717) is 18.9 Å². The average molecular weight is 473 g/mol. The van der Waals surface area contributed by atoms with Crippen molar-refractivity contribution < 1.29 is 8.42 Å². The highest BCUT2D eigenvalue weighted by atomic mass is 127. The smallest absolute Gasteiger partial charge is 0.191 e. The summed E-state index contributed by atoms with van der Waals surface area (Å²) in [6.45, 7) is 7.63. The van der Waals surface area contributed by atoms with Crippen LogP contribution in [0.5, 0.6) is 0 Å². The molecule has 1 rings (SSSR count). The Morgan fingerprint density at radius 3 is 2.61 bits per heavy atom. The Morgan fingerprint density at radius 1 is 1.39 bits per heavy atom. The van der Waals surface area contributed by atoms with E-state index < -0.39 is 9.84 Å². The first-order valence-corrected chi connectivity index (χ1v) is 10.5. The van der Waals surface area contributed by atoms with Crippen molar-refractivity contribution in [2.45, 2.75) is 39.2 Å². The van der Waals surface area contributed by atoms with Gasteiger partial charge in [0.15, 0.2) is 5.96 Å². The van der Waals surface area contributed by atoms with Crippen LogP contribution >= 0.6 is 35.3 Å². The highest BCUT2D eigenvalue weighted by molar-refractivity contribution is 14.0. The zero-order valence-corrected chi connectivity index (χ0v) is 18.2. The molecule has 1 aromatic heterocycles. The minimum atomic E-state index is -2.92. The normalized spacial score (nSPS) is 14.7. The van der Waals surface area contributed by atoms with Gasteiger partial charge >= 0.3 is 0 Å². The summed E-state index contributed by atoms with van der Waals surface area (Å²) in [7, 11) is -2.92. The SMILES string of the molecule is CCNC(=NCC(C)c1cccs1)NC(C)CCS(C)(=O)=O.I. The maximum absolute atomic E-state index is 11.2. The summed E-state index contributed by atoms with van der Waals surface area (Å²) >= 11 is 1.74. The third kappa shape index (κ3) is 10.2. The predicted octanol–water partition coefficient (Wildman–Crippen LogP) is 2.85. The molecule has 0 amide bonds. The van der Waals surface area contributed by atoms with Gasteiger partial charge in [0.1, 0.15) is 9.84 Å². The molecule has 0 aliphatic heterocycles. The monoisotopic (exact) mass is 473 g/mol. The standard InChI is InChI=1S/C15H27N3O2S2.HI/c1-5-16-15(18-13(3)8-10-22(4,19)20)17-11-12(2)14-7-6-9-21-14;/h6-7,9,12-13H,5,8,10-11H2,1-4H3,(H2,16,17,18);1H. The van der Waals surface area contributed by atoms with Crippen LogP contribution in [0.2, 0.25) is 0 Å². The topological polar surface area (TPSA) is 70.6 Å². The number of guanidine groups is 1. The minimum absolute atomic E-state index is 0. The van der Waals surface area contributed by atoms with E-state index in [4.69, 9.17) is 0 Å². The second-order valence-corrected chi connectivity index (χ2v) is 8.84. The lowest BCUT2D eigenvalue weighted by Crippen LogP contribution is -2.43. The summed E-state index contributed by atoms with van der Waals surface area (Å²) in [4.78, 5) is 5.93. The van der Waals surface area contributed by atoms with Gasteiger partial charge in [0.05, 0.1) is 12.3 Å². The molecule has 0 radical (unpaired) electrons. The van der Waals surface area contributed by atoms with Gasteiger partial charge in [-0.3, -0.25) is 4.99 Å². The number of hydrogen-bond acceptors (Lipinski definition) is 4. The number of aliphatic imine (C=N–C) groups is 1. The van der Waals surface area contributed by atoms with E-state index in [1.165, 1.54) is 11.1 Å². The molecule has 2 unspecified atom stereocenters. The molecule has 0 aliphatic rings. The number of hydrogen-bond donors (Lipinski definition) is 2. The predicted molar refractivity (Wildman–Crippen MR) is 111 cm³/mol. The van der Waals surface area contributed by atoms with E-state index in [-0.39, 0.29) is 35.8 Å². The molecule has 1 heterocycles. The number of rotatable bonds is 8. The van der Waals surface area contributed by atoms with Gasteiger partial charge in [0.2, 0.25) is 0 Å². The maximum atomic E-state index is 11.2. The Kier molecular flexibility index (Phi) is 11.1. The van der Waals surface area contributed by atoms with Crippen LogP contribution < -0.4 is 10.6 Å². The van der Waals surface area contributed by atoms with Crippen LogP contribution in [-0.4, -0.2) is 45.5 Å². The number of thiophene rings is 1. The Balaban J connectivity index is 0.00000484. The lowest BCUT2D eigenvalue weighted by molar-refractivity contribution is 0.581. The fourth-order valence-electron chi connectivity index (χ4n) is 1.91. The summed E-state index contributed by atoms with van der Waals surface area (Å²) in [5, 5.41) is 8.55. The lowest BCUT2D eigenvalue weighted by atomic mass is 10.1. The molecule has 0 spiro atoms. The van der Waals surface area contributed by atoms with Crippen LogP contribution in [0, 0.1) is 0 Å². The molecule has 23 heavy (non-hydrogen) atoms. The molecule has 0 saturated carbocycles. The Labute approximate surface area is 161 Å². The van der Waals surface area contributed by atoms with E-state index in [0.717, 1.165) is 12.5 Å². The van der Waals surface area contributed by atoms with Crippen LogP contribution in [-0.2, 0) is 9.84 Å². The van der Waals surface area contributed by atoms with Gasteiger partial charge in [0, 0.05) is 29.6 Å². The van der Waals surface area contributed by atoms with E-state index in [1.807, 2.05) is 13.8 Å². The number of sulfone groups is 1. The second-order valence-electron chi connectivity index (χ2n) is 5.60. The van der Waals surface area contributed by atoms with Crippen molar-refractivity contribution in [2.24, 2.45) is 4.99 Å². The van der Waals surface area contributed by atoms with Gasteiger partial charge in [-0.15, -0.1) is 35.3 Å². The van der Waals surface area contributed by atoms with Crippen LogP contribution in [0.1, 0.15) is 38.0 Å². The maximum Gasteiger partial charge on any atom is 0.191 e. The molecular weight excluding hydrogens is 445 g/mol. The summed E-state index contributed by atoms with van der Waals surface area (Å²) in [6, 6.07) is 4.24. The van der Waals surface area contributed by atoms with Gasteiger partial charge in [-0.05, 0) is 31.7 Å². The highest BCUT2D eigenvalue weighted by Crippen LogP contribution is 2.20. The third-order valence-corrected chi connectivity index (χ3v) is 5.28. The van der Waals surface area contributed by atoms with E-state index in [2.05, 4.69) is 40.1 Å². The highest BCUT2D eigenvalue weighted by Gasteiger charge is 2.10. The first kappa shape index (κ1) is 22.6. The third-order valence-electron chi connectivity index (χ3n) is 3.20. The van der Waals surface area contributed by atoms with Crippen LogP contribution in [0.15, 0.2) is 22.5 Å². The first-order chi connectivity index (χ1) is 10.3. The van der Waals surface area contributed by atoms with Gasteiger partial charge in [-0.2, -0.15) is 0 Å². The van der Waals surface area contributed by atoms with E-state index in [9.17, 15) is 8.42 Å². The fraction of sp³-hybridized carbons (Fsp3) is 0.667. The van der Waals surface area contributed by atoms with Crippen molar-refractivity contribution >= 4 is 51.1 Å². The molecule has 5 nitrogen and oxygen atoms in total. The van der Waals surface area contributed by atoms with Crippen LogP contribution in [0.25, 0.3) is 0 Å². The molecule has 0 aliphatic carbocycles. The summed E-state index contributed by atoms with van der Waals surface area (Å²) in [6.07, 6.45) is 1.84.